The number of carbonyl (C=O) groups is 2. The van der Waals surface area contributed by atoms with E-state index in [4.69, 9.17) is 4.84 Å². The van der Waals surface area contributed by atoms with Crippen LogP contribution in [-0.4, -0.2) is 33.7 Å². The predicted molar refractivity (Wildman–Crippen MR) is 75.3 cm³/mol. The first-order valence-corrected chi connectivity index (χ1v) is 6.46. The molecule has 0 spiro atoms. The predicted octanol–water partition coefficient (Wildman–Crippen LogP) is 2.90. The van der Waals surface area contributed by atoms with Gasteiger partial charge in [-0.15, -0.1) is 0 Å². The molecule has 1 amide bonds. The van der Waals surface area contributed by atoms with Crippen LogP contribution >= 0.6 is 0 Å². The van der Waals surface area contributed by atoms with Crippen LogP contribution in [0.25, 0.3) is 0 Å². The van der Waals surface area contributed by atoms with Gasteiger partial charge in [0, 0.05) is 6.42 Å². The number of rotatable bonds is 5. The van der Waals surface area contributed by atoms with E-state index in [0.29, 0.717) is 6.42 Å². The molecule has 1 rings (SSSR count). The number of Topliss-reactive ketones (excluding diaryl/α,β-unsaturated/α-hetero) is 1. The van der Waals surface area contributed by atoms with Crippen LogP contribution in [0.4, 0.5) is 4.79 Å². The van der Waals surface area contributed by atoms with Gasteiger partial charge in [0.05, 0.1) is 5.60 Å². The first kappa shape index (κ1) is 16.2. The summed E-state index contributed by atoms with van der Waals surface area (Å²) in [4.78, 5) is 28.6. The van der Waals surface area contributed by atoms with Gasteiger partial charge in [0.1, 0.15) is 6.04 Å². The van der Waals surface area contributed by atoms with Crippen molar-refractivity contribution >= 4 is 11.9 Å². The lowest BCUT2D eigenvalue weighted by molar-refractivity contribution is -0.220. The maximum atomic E-state index is 11.8. The van der Waals surface area contributed by atoms with E-state index in [2.05, 4.69) is 0 Å². The quantitative estimate of drug-likeness (QED) is 0.842. The van der Waals surface area contributed by atoms with E-state index >= 15 is 0 Å². The summed E-state index contributed by atoms with van der Waals surface area (Å²) in [5.41, 5.74) is 0.194. The third-order valence-electron chi connectivity index (χ3n) is 2.58. The smallest absolute Gasteiger partial charge is 0.432 e. The minimum absolute atomic E-state index is 0.250. The third kappa shape index (κ3) is 5.01. The number of carboxylic acid groups (broad SMARTS) is 1. The lowest BCUT2D eigenvalue weighted by atomic mass is 10.0. The highest BCUT2D eigenvalue weighted by molar-refractivity contribution is 5.84. The van der Waals surface area contributed by atoms with Crippen LogP contribution in [0, 0.1) is 0 Å². The minimum Gasteiger partial charge on any atom is -0.463 e. The zero-order valence-electron chi connectivity index (χ0n) is 12.3. The SMILES string of the molecule is CC(=O)[C@H](Cc1ccccc1)N(OC(C)(C)C)C(=O)O. The second kappa shape index (κ2) is 6.52. The lowest BCUT2D eigenvalue weighted by Crippen LogP contribution is -2.48. The summed E-state index contributed by atoms with van der Waals surface area (Å²) in [6.45, 7) is 6.59. The molecule has 5 heteroatoms. The standard InChI is InChI=1S/C15H21NO4/c1-11(17)13(10-12-8-6-5-7-9-12)16(14(18)19)20-15(2,3)4/h5-9,13H,10H2,1-4H3,(H,18,19)/t13-/m0/s1. The molecular weight excluding hydrogens is 258 g/mol. The van der Waals surface area contributed by atoms with E-state index in [1.54, 1.807) is 20.8 Å². The fourth-order valence-corrected chi connectivity index (χ4v) is 1.76. The molecule has 0 saturated carbocycles. The van der Waals surface area contributed by atoms with Gasteiger partial charge in [-0.1, -0.05) is 30.3 Å². The fourth-order valence-electron chi connectivity index (χ4n) is 1.76. The molecule has 0 aliphatic carbocycles. The van der Waals surface area contributed by atoms with Gasteiger partial charge in [-0.05, 0) is 33.3 Å². The van der Waals surface area contributed by atoms with Crippen LogP contribution in [0.2, 0.25) is 0 Å². The van der Waals surface area contributed by atoms with Crippen LogP contribution in [-0.2, 0) is 16.1 Å². The van der Waals surface area contributed by atoms with Crippen molar-refractivity contribution in [2.24, 2.45) is 0 Å². The van der Waals surface area contributed by atoms with Gasteiger partial charge < -0.3 is 5.11 Å². The molecule has 1 aromatic carbocycles. The van der Waals surface area contributed by atoms with E-state index in [0.717, 1.165) is 10.6 Å². The van der Waals surface area contributed by atoms with Gasteiger partial charge in [0.25, 0.3) is 0 Å². The first-order valence-electron chi connectivity index (χ1n) is 6.46. The zero-order chi connectivity index (χ0) is 15.3. The van der Waals surface area contributed by atoms with Crippen molar-refractivity contribution in [3.05, 3.63) is 35.9 Å². The van der Waals surface area contributed by atoms with Crippen molar-refractivity contribution in [2.75, 3.05) is 0 Å². The molecule has 0 aromatic heterocycles. The minimum atomic E-state index is -1.27. The van der Waals surface area contributed by atoms with Crippen molar-refractivity contribution in [2.45, 2.75) is 45.8 Å². The molecule has 20 heavy (non-hydrogen) atoms. The van der Waals surface area contributed by atoms with Crippen molar-refractivity contribution in [1.29, 1.82) is 0 Å². The maximum Gasteiger partial charge on any atom is 0.432 e. The van der Waals surface area contributed by atoms with Gasteiger partial charge in [-0.25, -0.2) is 4.79 Å². The highest BCUT2D eigenvalue weighted by Crippen LogP contribution is 2.17. The summed E-state index contributed by atoms with van der Waals surface area (Å²) in [6.07, 6.45) is -0.977. The van der Waals surface area contributed by atoms with Crippen LogP contribution in [0.3, 0.4) is 0 Å². The summed E-state index contributed by atoms with van der Waals surface area (Å²) < 4.78 is 0. The second-order valence-corrected chi connectivity index (χ2v) is 5.63. The monoisotopic (exact) mass is 279 g/mol. The van der Waals surface area contributed by atoms with Crippen LogP contribution in [0.5, 0.6) is 0 Å². The molecule has 0 heterocycles. The van der Waals surface area contributed by atoms with Gasteiger partial charge >= 0.3 is 6.09 Å². The van der Waals surface area contributed by atoms with Gasteiger partial charge in [0.2, 0.25) is 0 Å². The molecule has 0 aliphatic rings. The highest BCUT2D eigenvalue weighted by atomic mass is 16.7. The van der Waals surface area contributed by atoms with Crippen molar-refractivity contribution < 1.29 is 19.5 Å². The Labute approximate surface area is 119 Å². The number of hydrogen-bond acceptors (Lipinski definition) is 3. The number of hydroxylamine groups is 2. The molecule has 0 bridgehead atoms. The van der Waals surface area contributed by atoms with Crippen molar-refractivity contribution in [1.82, 2.24) is 5.06 Å². The molecule has 1 atom stereocenters. The highest BCUT2D eigenvalue weighted by Gasteiger charge is 2.32. The number of carbonyl (C=O) groups excluding carboxylic acids is 1. The van der Waals surface area contributed by atoms with Crippen LogP contribution in [0.15, 0.2) is 30.3 Å². The molecule has 110 valence electrons. The molecule has 1 aromatic rings. The summed E-state index contributed by atoms with van der Waals surface area (Å²) in [5.74, 6) is -0.250. The van der Waals surface area contributed by atoms with Crippen LogP contribution in [0.1, 0.15) is 33.3 Å². The van der Waals surface area contributed by atoms with E-state index in [1.807, 2.05) is 30.3 Å². The number of benzene rings is 1. The van der Waals surface area contributed by atoms with Crippen molar-refractivity contribution in [3.63, 3.8) is 0 Å². The van der Waals surface area contributed by atoms with Crippen LogP contribution < -0.4 is 0 Å². The first-order chi connectivity index (χ1) is 9.20. The Hall–Kier alpha value is -1.88. The summed E-state index contributed by atoms with van der Waals surface area (Å²) in [6, 6.07) is 8.42. The van der Waals surface area contributed by atoms with E-state index < -0.39 is 17.7 Å². The topological polar surface area (TPSA) is 66.8 Å². The van der Waals surface area contributed by atoms with Gasteiger partial charge in [0.15, 0.2) is 5.78 Å². The largest absolute Gasteiger partial charge is 0.463 e. The fraction of sp³-hybridized carbons (Fsp3) is 0.467. The number of hydrogen-bond donors (Lipinski definition) is 1. The number of amides is 1. The number of ketones is 1. The molecule has 0 fully saturated rings. The average Bonchev–Trinajstić information content (AvgIpc) is 2.33. The molecule has 1 N–H and O–H groups in total. The molecule has 0 radical (unpaired) electrons. The Balaban J connectivity index is 2.97. The zero-order valence-corrected chi connectivity index (χ0v) is 12.3. The molecular formula is C15H21NO4. The lowest BCUT2D eigenvalue weighted by Gasteiger charge is -2.32. The van der Waals surface area contributed by atoms with Gasteiger partial charge in [-0.3, -0.25) is 9.63 Å². The summed E-state index contributed by atoms with van der Waals surface area (Å²) in [5, 5.41) is 10.0. The summed E-state index contributed by atoms with van der Waals surface area (Å²) in [7, 11) is 0. The second-order valence-electron chi connectivity index (χ2n) is 5.63. The Morgan fingerprint density at radius 1 is 1.25 bits per heavy atom. The molecule has 5 nitrogen and oxygen atoms in total. The average molecular weight is 279 g/mol. The third-order valence-corrected chi connectivity index (χ3v) is 2.58. The van der Waals surface area contributed by atoms with Crippen molar-refractivity contribution in [3.8, 4) is 0 Å². The Morgan fingerprint density at radius 3 is 2.20 bits per heavy atom. The number of nitrogens with zero attached hydrogens (tertiary/aromatic N) is 1. The maximum absolute atomic E-state index is 11.8. The normalized spacial score (nSPS) is 12.8. The molecule has 0 unspecified atom stereocenters. The Bertz CT molecular complexity index is 465. The Kier molecular flexibility index (Phi) is 5.27. The van der Waals surface area contributed by atoms with Gasteiger partial charge in [-0.2, -0.15) is 5.06 Å². The summed E-state index contributed by atoms with van der Waals surface area (Å²) >= 11 is 0. The molecule has 0 saturated heterocycles. The molecule has 0 aliphatic heterocycles. The van der Waals surface area contributed by atoms with E-state index in [9.17, 15) is 14.7 Å². The van der Waals surface area contributed by atoms with E-state index in [-0.39, 0.29) is 5.78 Å². The Morgan fingerprint density at radius 2 is 1.80 bits per heavy atom. The van der Waals surface area contributed by atoms with E-state index in [1.165, 1.54) is 6.92 Å².